The molecule has 0 aliphatic carbocycles. The van der Waals surface area contributed by atoms with E-state index in [0.717, 1.165) is 25.5 Å². The average molecular weight is 305 g/mol. The van der Waals surface area contributed by atoms with Gasteiger partial charge in [-0.05, 0) is 19.3 Å². The number of nitrogens with one attached hydrogen (secondary N) is 2. The number of rotatable bonds is 4. The van der Waals surface area contributed by atoms with Crippen LogP contribution in [0.25, 0.3) is 0 Å². The van der Waals surface area contributed by atoms with Gasteiger partial charge in [0.2, 0.25) is 15.9 Å². The maximum atomic E-state index is 12.5. The van der Waals surface area contributed by atoms with Crippen molar-refractivity contribution in [2.45, 2.75) is 31.3 Å². The van der Waals surface area contributed by atoms with Crippen LogP contribution in [0.2, 0.25) is 0 Å². The summed E-state index contributed by atoms with van der Waals surface area (Å²) in [4.78, 5) is 14.3. The summed E-state index contributed by atoms with van der Waals surface area (Å²) >= 11 is 0. The number of carbonyl (C=O) groups excluding carboxylic acids is 1. The molecule has 0 radical (unpaired) electrons. The number of hydrogen-bond donors (Lipinski definition) is 2. The Labute approximate surface area is 120 Å². The quantitative estimate of drug-likeness (QED) is 0.689. The zero-order valence-electron chi connectivity index (χ0n) is 11.8. The summed E-state index contributed by atoms with van der Waals surface area (Å²) in [5, 5.41) is 3.15. The molecule has 0 bridgehead atoms. The number of carbonyl (C=O) groups is 1. The lowest BCUT2D eigenvalue weighted by Gasteiger charge is -2.38. The van der Waals surface area contributed by atoms with Crippen LogP contribution < -0.4 is 10.0 Å². The maximum Gasteiger partial charge on any atom is 0.242 e. The Morgan fingerprint density at radius 2 is 2.25 bits per heavy atom. The molecule has 0 aromatic carbocycles. The maximum absolute atomic E-state index is 12.5. The molecule has 8 heteroatoms. The van der Waals surface area contributed by atoms with Crippen LogP contribution in [0.15, 0.2) is 0 Å². The van der Waals surface area contributed by atoms with E-state index in [-0.39, 0.29) is 24.5 Å². The fraction of sp³-hybridized carbons (Fsp3) is 0.917. The third-order valence-electron chi connectivity index (χ3n) is 3.71. The number of piperidine rings is 1. The molecule has 2 aliphatic rings. The summed E-state index contributed by atoms with van der Waals surface area (Å²) in [5.41, 5.74) is 0. The smallest absolute Gasteiger partial charge is 0.242 e. The molecule has 0 saturated carbocycles. The monoisotopic (exact) mass is 305 g/mol. The normalized spacial score (nSPS) is 28.4. The summed E-state index contributed by atoms with van der Waals surface area (Å²) < 4.78 is 30.2. The van der Waals surface area contributed by atoms with Gasteiger partial charge >= 0.3 is 0 Å². The van der Waals surface area contributed by atoms with E-state index in [4.69, 9.17) is 4.74 Å². The zero-order valence-corrected chi connectivity index (χ0v) is 12.6. The number of sulfonamides is 1. The second-order valence-electron chi connectivity index (χ2n) is 5.38. The van der Waals surface area contributed by atoms with Crippen molar-refractivity contribution < 1.29 is 17.9 Å². The summed E-state index contributed by atoms with van der Waals surface area (Å²) in [6.07, 6.45) is 3.96. The number of hydrogen-bond acceptors (Lipinski definition) is 5. The average Bonchev–Trinajstić information content (AvgIpc) is 2.45. The van der Waals surface area contributed by atoms with E-state index in [0.29, 0.717) is 26.3 Å². The van der Waals surface area contributed by atoms with Gasteiger partial charge in [-0.15, -0.1) is 0 Å². The van der Waals surface area contributed by atoms with Crippen LogP contribution in [0, 0.1) is 0 Å². The first-order valence-corrected chi connectivity index (χ1v) is 8.93. The summed E-state index contributed by atoms with van der Waals surface area (Å²) in [7, 11) is -3.23. The summed E-state index contributed by atoms with van der Waals surface area (Å²) in [5.74, 6) is 0.0182. The van der Waals surface area contributed by atoms with Gasteiger partial charge in [-0.1, -0.05) is 0 Å². The van der Waals surface area contributed by atoms with Crippen molar-refractivity contribution in [2.75, 3.05) is 39.1 Å². The highest BCUT2D eigenvalue weighted by Gasteiger charge is 2.32. The van der Waals surface area contributed by atoms with Crippen molar-refractivity contribution in [2.24, 2.45) is 0 Å². The highest BCUT2D eigenvalue weighted by molar-refractivity contribution is 7.88. The molecule has 0 aromatic rings. The fourth-order valence-electron chi connectivity index (χ4n) is 2.67. The van der Waals surface area contributed by atoms with Crippen molar-refractivity contribution in [3.05, 3.63) is 0 Å². The molecular formula is C12H23N3O4S. The second-order valence-corrected chi connectivity index (χ2v) is 7.22. The van der Waals surface area contributed by atoms with Crippen molar-refractivity contribution in [1.29, 1.82) is 0 Å². The molecule has 0 aromatic heterocycles. The van der Waals surface area contributed by atoms with Gasteiger partial charge in [0.05, 0.1) is 19.5 Å². The van der Waals surface area contributed by atoms with E-state index >= 15 is 0 Å². The van der Waals surface area contributed by atoms with Crippen molar-refractivity contribution in [1.82, 2.24) is 14.9 Å². The van der Waals surface area contributed by atoms with Crippen LogP contribution in [0.3, 0.4) is 0 Å². The summed E-state index contributed by atoms with van der Waals surface area (Å²) in [6.45, 7) is 2.67. The van der Waals surface area contributed by atoms with Crippen LogP contribution in [0.5, 0.6) is 0 Å². The van der Waals surface area contributed by atoms with Crippen molar-refractivity contribution in [3.63, 3.8) is 0 Å². The third kappa shape index (κ3) is 4.41. The third-order valence-corrected chi connectivity index (χ3v) is 4.40. The Hall–Kier alpha value is -0.700. The lowest BCUT2D eigenvalue weighted by atomic mass is 10.0. The van der Waals surface area contributed by atoms with E-state index in [1.54, 1.807) is 4.90 Å². The van der Waals surface area contributed by atoms with Gasteiger partial charge in [-0.3, -0.25) is 4.79 Å². The Morgan fingerprint density at radius 3 is 2.90 bits per heavy atom. The molecule has 2 atom stereocenters. The Kier molecular flexibility index (Phi) is 5.36. The van der Waals surface area contributed by atoms with E-state index in [1.165, 1.54) is 0 Å². The van der Waals surface area contributed by atoms with Crippen LogP contribution in [-0.4, -0.2) is 70.4 Å². The molecule has 2 fully saturated rings. The lowest BCUT2D eigenvalue weighted by molar-refractivity contribution is -0.139. The van der Waals surface area contributed by atoms with Gasteiger partial charge in [-0.25, -0.2) is 13.1 Å². The molecule has 0 spiro atoms. The van der Waals surface area contributed by atoms with Crippen LogP contribution in [-0.2, 0) is 19.6 Å². The van der Waals surface area contributed by atoms with Gasteiger partial charge in [0, 0.05) is 25.7 Å². The SMILES string of the molecule is CS(=O)(=O)NCC1CCCCN1C(=O)C1COCCN1. The molecule has 2 heterocycles. The number of nitrogens with zero attached hydrogens (tertiary/aromatic N) is 1. The Bertz CT molecular complexity index is 434. The first-order valence-electron chi connectivity index (χ1n) is 7.03. The van der Waals surface area contributed by atoms with Gasteiger partial charge in [0.15, 0.2) is 0 Å². The minimum absolute atomic E-state index is 0.0182. The second kappa shape index (κ2) is 6.84. The largest absolute Gasteiger partial charge is 0.378 e. The standard InChI is InChI=1S/C12H23N3O4S/c1-20(17,18)14-8-10-4-2-3-6-15(10)12(16)11-9-19-7-5-13-11/h10-11,13-14H,2-9H2,1H3. The lowest BCUT2D eigenvalue weighted by Crippen LogP contribution is -2.58. The predicted molar refractivity (Wildman–Crippen MR) is 74.8 cm³/mol. The predicted octanol–water partition coefficient (Wildman–Crippen LogP) is -1.09. The molecule has 2 unspecified atom stereocenters. The van der Waals surface area contributed by atoms with Crippen LogP contribution in [0.1, 0.15) is 19.3 Å². The van der Waals surface area contributed by atoms with Crippen molar-refractivity contribution in [3.8, 4) is 0 Å². The first-order chi connectivity index (χ1) is 9.47. The zero-order chi connectivity index (χ0) is 14.6. The van der Waals surface area contributed by atoms with E-state index < -0.39 is 10.0 Å². The molecular weight excluding hydrogens is 282 g/mol. The number of morpholine rings is 1. The fourth-order valence-corrected chi connectivity index (χ4v) is 3.17. The van der Waals surface area contributed by atoms with E-state index in [1.807, 2.05) is 0 Å². The minimum atomic E-state index is -3.23. The Balaban J connectivity index is 1.96. The van der Waals surface area contributed by atoms with E-state index in [9.17, 15) is 13.2 Å². The van der Waals surface area contributed by atoms with Crippen LogP contribution in [0.4, 0.5) is 0 Å². The van der Waals surface area contributed by atoms with Gasteiger partial charge in [0.1, 0.15) is 6.04 Å². The highest BCUT2D eigenvalue weighted by atomic mass is 32.2. The van der Waals surface area contributed by atoms with Crippen molar-refractivity contribution >= 4 is 15.9 Å². The number of likely N-dealkylation sites (tertiary alicyclic amines) is 1. The molecule has 7 nitrogen and oxygen atoms in total. The minimum Gasteiger partial charge on any atom is -0.378 e. The molecule has 116 valence electrons. The van der Waals surface area contributed by atoms with Gasteiger partial charge in [-0.2, -0.15) is 0 Å². The Morgan fingerprint density at radius 1 is 1.45 bits per heavy atom. The topological polar surface area (TPSA) is 87.7 Å². The highest BCUT2D eigenvalue weighted by Crippen LogP contribution is 2.18. The summed E-state index contributed by atoms with van der Waals surface area (Å²) in [6, 6.07) is -0.364. The van der Waals surface area contributed by atoms with Gasteiger partial charge < -0.3 is 15.0 Å². The molecule has 2 rings (SSSR count). The molecule has 2 aliphatic heterocycles. The molecule has 2 N–H and O–H groups in total. The molecule has 1 amide bonds. The molecule has 20 heavy (non-hydrogen) atoms. The van der Waals surface area contributed by atoms with Crippen LogP contribution >= 0.6 is 0 Å². The number of amides is 1. The number of ether oxygens (including phenoxy) is 1. The first kappa shape index (κ1) is 15.7. The molecule has 2 saturated heterocycles. The van der Waals surface area contributed by atoms with E-state index in [2.05, 4.69) is 10.0 Å². The van der Waals surface area contributed by atoms with Gasteiger partial charge in [0.25, 0.3) is 0 Å².